The number of aromatic nitrogens is 3. The van der Waals surface area contributed by atoms with Crippen LogP contribution in [0.5, 0.6) is 0 Å². The molecule has 0 saturated carbocycles. The molecule has 2 aromatic carbocycles. The van der Waals surface area contributed by atoms with Crippen LogP contribution in [0.25, 0.3) is 33.5 Å². The minimum atomic E-state index is -1.02. The molecular formula is C26H22N4O4. The van der Waals surface area contributed by atoms with Crippen molar-refractivity contribution in [2.24, 2.45) is 7.05 Å². The lowest BCUT2D eigenvalue weighted by atomic mass is 10.0. The van der Waals surface area contributed by atoms with Gasteiger partial charge in [0.05, 0.1) is 23.2 Å². The molecule has 0 aliphatic rings. The van der Waals surface area contributed by atoms with Crippen LogP contribution in [-0.4, -0.2) is 25.8 Å². The summed E-state index contributed by atoms with van der Waals surface area (Å²) in [5, 5.41) is 18.4. The summed E-state index contributed by atoms with van der Waals surface area (Å²) >= 11 is 0. The van der Waals surface area contributed by atoms with Crippen molar-refractivity contribution >= 4 is 33.7 Å². The summed E-state index contributed by atoms with van der Waals surface area (Å²) in [5.74, 6) is -0.668. The lowest BCUT2D eigenvalue weighted by Crippen LogP contribution is -2.12. The third-order valence-corrected chi connectivity index (χ3v) is 5.83. The van der Waals surface area contributed by atoms with Gasteiger partial charge in [0.2, 0.25) is 0 Å². The Morgan fingerprint density at radius 3 is 2.74 bits per heavy atom. The predicted octanol–water partition coefficient (Wildman–Crippen LogP) is 4.92. The van der Waals surface area contributed by atoms with Crippen LogP contribution in [0.1, 0.15) is 34.5 Å². The molecule has 5 aromatic rings. The van der Waals surface area contributed by atoms with Crippen molar-refractivity contribution in [3.63, 3.8) is 0 Å². The van der Waals surface area contributed by atoms with Crippen LogP contribution in [-0.2, 0) is 7.05 Å². The molecule has 0 fully saturated rings. The quantitative estimate of drug-likeness (QED) is 0.388. The van der Waals surface area contributed by atoms with E-state index in [0.717, 1.165) is 16.5 Å². The molecular weight excluding hydrogens is 432 g/mol. The van der Waals surface area contributed by atoms with Crippen LogP contribution in [0.4, 0.5) is 5.69 Å². The number of hydrogen-bond donors (Lipinski definition) is 2. The van der Waals surface area contributed by atoms with E-state index in [1.807, 2.05) is 26.0 Å². The van der Waals surface area contributed by atoms with Crippen molar-refractivity contribution in [1.82, 2.24) is 14.8 Å². The molecule has 0 aliphatic carbocycles. The number of aromatic carboxylic acids is 1. The van der Waals surface area contributed by atoms with Gasteiger partial charge in [0.15, 0.2) is 16.8 Å². The fourth-order valence-corrected chi connectivity index (χ4v) is 4.15. The van der Waals surface area contributed by atoms with Gasteiger partial charge in [-0.1, -0.05) is 18.2 Å². The van der Waals surface area contributed by atoms with Crippen molar-refractivity contribution < 1.29 is 14.3 Å². The second-order valence-corrected chi connectivity index (χ2v) is 8.30. The zero-order valence-corrected chi connectivity index (χ0v) is 18.9. The van der Waals surface area contributed by atoms with Gasteiger partial charge in [-0.15, -0.1) is 0 Å². The number of carboxylic acids is 1. The molecule has 1 unspecified atom stereocenters. The molecule has 2 N–H and O–H groups in total. The van der Waals surface area contributed by atoms with Crippen molar-refractivity contribution in [2.45, 2.75) is 19.9 Å². The molecule has 3 heterocycles. The molecule has 8 heteroatoms. The SMILES string of the molecule is Cc1cc(C(C)Nc2ccccc2C(=O)O)c2oc(-c3ccc4cnn(C)c4n3)cc(=O)c2c1. The number of nitrogens with zero attached hydrogens (tertiary/aromatic N) is 3. The molecule has 1 atom stereocenters. The number of carbonyl (C=O) groups is 1. The smallest absolute Gasteiger partial charge is 0.337 e. The van der Waals surface area contributed by atoms with Gasteiger partial charge >= 0.3 is 5.97 Å². The van der Waals surface area contributed by atoms with Gasteiger partial charge < -0.3 is 14.8 Å². The number of pyridine rings is 1. The predicted molar refractivity (Wildman–Crippen MR) is 130 cm³/mol. The third-order valence-electron chi connectivity index (χ3n) is 5.83. The van der Waals surface area contributed by atoms with Crippen LogP contribution in [0.2, 0.25) is 0 Å². The first-order chi connectivity index (χ1) is 16.3. The fourth-order valence-electron chi connectivity index (χ4n) is 4.15. The third kappa shape index (κ3) is 3.69. The lowest BCUT2D eigenvalue weighted by molar-refractivity contribution is 0.0698. The molecule has 5 rings (SSSR count). The number of hydrogen-bond acceptors (Lipinski definition) is 6. The average molecular weight is 454 g/mol. The minimum absolute atomic E-state index is 0.169. The Morgan fingerprint density at radius 1 is 1.15 bits per heavy atom. The molecule has 34 heavy (non-hydrogen) atoms. The molecule has 0 aliphatic heterocycles. The first-order valence-electron chi connectivity index (χ1n) is 10.8. The minimum Gasteiger partial charge on any atom is -0.478 e. The second-order valence-electron chi connectivity index (χ2n) is 8.30. The highest BCUT2D eigenvalue weighted by Gasteiger charge is 2.19. The normalized spacial score (nSPS) is 12.2. The highest BCUT2D eigenvalue weighted by molar-refractivity contribution is 5.94. The van der Waals surface area contributed by atoms with Crippen LogP contribution in [0.3, 0.4) is 0 Å². The van der Waals surface area contributed by atoms with Gasteiger partial charge in [0.1, 0.15) is 11.3 Å². The zero-order chi connectivity index (χ0) is 24.0. The van der Waals surface area contributed by atoms with Gasteiger partial charge in [0.25, 0.3) is 0 Å². The molecule has 8 nitrogen and oxygen atoms in total. The fraction of sp³-hybridized carbons (Fsp3) is 0.154. The van der Waals surface area contributed by atoms with Gasteiger partial charge in [-0.3, -0.25) is 9.48 Å². The van der Waals surface area contributed by atoms with E-state index in [9.17, 15) is 14.7 Å². The Kier molecular flexibility index (Phi) is 5.13. The largest absolute Gasteiger partial charge is 0.478 e. The van der Waals surface area contributed by atoms with E-state index in [0.29, 0.717) is 33.8 Å². The summed E-state index contributed by atoms with van der Waals surface area (Å²) in [5.41, 5.74) is 3.77. The van der Waals surface area contributed by atoms with Crippen LogP contribution < -0.4 is 10.7 Å². The van der Waals surface area contributed by atoms with E-state index in [1.54, 1.807) is 54.3 Å². The highest BCUT2D eigenvalue weighted by atomic mass is 16.4. The Balaban J connectivity index is 1.65. The monoisotopic (exact) mass is 454 g/mol. The number of para-hydroxylation sites is 1. The van der Waals surface area contributed by atoms with Gasteiger partial charge in [-0.2, -0.15) is 5.10 Å². The van der Waals surface area contributed by atoms with E-state index >= 15 is 0 Å². The molecule has 3 aromatic heterocycles. The van der Waals surface area contributed by atoms with Gasteiger partial charge in [-0.05, 0) is 49.7 Å². The maximum absolute atomic E-state index is 13.1. The molecule has 170 valence electrons. The first kappa shape index (κ1) is 21.4. The number of anilines is 1. The van der Waals surface area contributed by atoms with Crippen molar-refractivity contribution in [3.8, 4) is 11.5 Å². The number of fused-ring (bicyclic) bond motifs is 2. The Bertz CT molecular complexity index is 1630. The number of rotatable bonds is 5. The zero-order valence-electron chi connectivity index (χ0n) is 18.9. The van der Waals surface area contributed by atoms with Crippen molar-refractivity contribution in [1.29, 1.82) is 0 Å². The molecule has 0 spiro atoms. The van der Waals surface area contributed by atoms with E-state index in [-0.39, 0.29) is 17.0 Å². The molecule has 0 radical (unpaired) electrons. The number of nitrogens with one attached hydrogen (secondary N) is 1. The van der Waals surface area contributed by atoms with Crippen LogP contribution in [0, 0.1) is 6.92 Å². The molecule has 0 amide bonds. The number of benzene rings is 2. The summed E-state index contributed by atoms with van der Waals surface area (Å²) in [6.45, 7) is 3.81. The standard InChI is InChI=1S/C26H22N4O4/c1-14-10-18(15(2)28-20-7-5-4-6-17(20)26(32)33)24-19(11-14)22(31)12-23(34-24)21-9-8-16-13-27-30(3)25(16)29-21/h4-13,15,28H,1-3H3,(H,32,33). The molecule has 0 bridgehead atoms. The Hall–Kier alpha value is -4.46. The average Bonchev–Trinajstić information content (AvgIpc) is 3.19. The highest BCUT2D eigenvalue weighted by Crippen LogP contribution is 2.31. The summed E-state index contributed by atoms with van der Waals surface area (Å²) < 4.78 is 7.93. The summed E-state index contributed by atoms with van der Waals surface area (Å²) in [6, 6.07) is 15.2. The van der Waals surface area contributed by atoms with E-state index in [4.69, 9.17) is 4.42 Å². The second kappa shape index (κ2) is 8.15. The Morgan fingerprint density at radius 2 is 1.94 bits per heavy atom. The molecule has 0 saturated heterocycles. The van der Waals surface area contributed by atoms with Crippen LogP contribution in [0.15, 0.2) is 70.0 Å². The maximum atomic E-state index is 13.1. The van der Waals surface area contributed by atoms with E-state index in [1.165, 1.54) is 6.07 Å². The summed E-state index contributed by atoms with van der Waals surface area (Å²) in [6.07, 6.45) is 1.73. The first-order valence-corrected chi connectivity index (χ1v) is 10.8. The topological polar surface area (TPSA) is 110 Å². The van der Waals surface area contributed by atoms with Crippen molar-refractivity contribution in [3.05, 3.63) is 87.7 Å². The van der Waals surface area contributed by atoms with E-state index < -0.39 is 5.97 Å². The number of carboxylic acid groups (broad SMARTS) is 1. The maximum Gasteiger partial charge on any atom is 0.337 e. The van der Waals surface area contributed by atoms with Crippen LogP contribution >= 0.6 is 0 Å². The van der Waals surface area contributed by atoms with E-state index in [2.05, 4.69) is 15.4 Å². The van der Waals surface area contributed by atoms with Gasteiger partial charge in [-0.25, -0.2) is 9.78 Å². The summed E-state index contributed by atoms with van der Waals surface area (Å²) in [4.78, 5) is 29.3. The Labute approximate surface area is 194 Å². The number of aryl methyl sites for hydroxylation is 2. The van der Waals surface area contributed by atoms with Gasteiger partial charge in [0, 0.05) is 29.8 Å². The van der Waals surface area contributed by atoms with Crippen molar-refractivity contribution in [2.75, 3.05) is 5.32 Å². The summed E-state index contributed by atoms with van der Waals surface area (Å²) in [7, 11) is 1.80. The lowest BCUT2D eigenvalue weighted by Gasteiger charge is -2.19.